The van der Waals surface area contributed by atoms with Gasteiger partial charge in [-0.25, -0.2) is 4.79 Å². The number of hydrogen-bond acceptors (Lipinski definition) is 9. The number of carbonyl (C=O) groups is 2. The molecule has 0 aromatic heterocycles. The Bertz CT molecular complexity index is 1400. The molecule has 10 nitrogen and oxygen atoms in total. The minimum Gasteiger partial charge on any atom is -0.497 e. The molecule has 2 aromatic carbocycles. The van der Waals surface area contributed by atoms with Crippen molar-refractivity contribution < 1.29 is 33.5 Å². The highest BCUT2D eigenvalue weighted by Crippen LogP contribution is 2.51. The fourth-order valence-corrected chi connectivity index (χ4v) is 5.30. The second-order valence-corrected chi connectivity index (χ2v) is 10.4. The van der Waals surface area contributed by atoms with Crippen molar-refractivity contribution in [2.24, 2.45) is 5.41 Å². The third-order valence-electron chi connectivity index (χ3n) is 7.02. The van der Waals surface area contributed by atoms with E-state index in [2.05, 4.69) is 5.32 Å². The van der Waals surface area contributed by atoms with Crippen LogP contribution in [-0.4, -0.2) is 30.6 Å². The van der Waals surface area contributed by atoms with Gasteiger partial charge in [-0.05, 0) is 42.5 Å². The van der Waals surface area contributed by atoms with Crippen LogP contribution in [0, 0.1) is 15.5 Å². The first-order valence-corrected chi connectivity index (χ1v) is 12.2. The first-order valence-electron chi connectivity index (χ1n) is 12.2. The van der Waals surface area contributed by atoms with Crippen LogP contribution in [0.3, 0.4) is 0 Å². The van der Waals surface area contributed by atoms with E-state index in [-0.39, 0.29) is 53.6 Å². The summed E-state index contributed by atoms with van der Waals surface area (Å²) in [6.07, 6.45) is 0.796. The van der Waals surface area contributed by atoms with Gasteiger partial charge in [-0.15, -0.1) is 0 Å². The Kier molecular flexibility index (Phi) is 6.34. The normalized spacial score (nSPS) is 19.6. The molecule has 0 spiro atoms. The van der Waals surface area contributed by atoms with Crippen molar-refractivity contribution in [3.63, 3.8) is 0 Å². The Balaban J connectivity index is 1.59. The Morgan fingerprint density at radius 2 is 1.84 bits per heavy atom. The van der Waals surface area contributed by atoms with Crippen LogP contribution in [-0.2, 0) is 20.9 Å². The molecule has 2 aromatic rings. The largest absolute Gasteiger partial charge is 0.497 e. The van der Waals surface area contributed by atoms with Crippen molar-refractivity contribution in [1.29, 1.82) is 0 Å². The quantitative estimate of drug-likeness (QED) is 0.328. The Morgan fingerprint density at radius 3 is 2.50 bits per heavy atom. The predicted octanol–water partition coefficient (Wildman–Crippen LogP) is 4.68. The lowest BCUT2D eigenvalue weighted by molar-refractivity contribution is -0.385. The summed E-state index contributed by atoms with van der Waals surface area (Å²) in [6.45, 7) is 5.60. The Morgan fingerprint density at radius 1 is 1.16 bits per heavy atom. The lowest BCUT2D eigenvalue weighted by Gasteiger charge is -2.39. The molecule has 1 N–H and O–H groups in total. The lowest BCUT2D eigenvalue weighted by atomic mass is 9.68. The van der Waals surface area contributed by atoms with E-state index in [9.17, 15) is 19.7 Å². The molecular formula is C28H28N2O8. The number of rotatable bonds is 6. The zero-order valence-corrected chi connectivity index (χ0v) is 21.6. The standard InChI is InChI=1S/C28H28N2O8/c1-15-24(27(32)36-13-16-5-7-17(35-4)8-6-16)25(26-19(29-15)11-28(2,3)12-21(26)31)18-9-22-23(38-14-37-22)10-20(18)30(33)34/h5-10,25,29H,11-14H2,1-4H3/t25-/m1/s1. The van der Waals surface area contributed by atoms with Gasteiger partial charge in [0.05, 0.1) is 29.6 Å². The summed E-state index contributed by atoms with van der Waals surface area (Å²) in [5, 5.41) is 15.4. The van der Waals surface area contributed by atoms with Crippen molar-refractivity contribution in [3.05, 3.63) is 80.2 Å². The van der Waals surface area contributed by atoms with Gasteiger partial charge < -0.3 is 24.3 Å². The molecule has 38 heavy (non-hydrogen) atoms. The lowest BCUT2D eigenvalue weighted by Crippen LogP contribution is -2.38. The number of allylic oxidation sites excluding steroid dienone is 3. The summed E-state index contributed by atoms with van der Waals surface area (Å²) in [7, 11) is 1.56. The molecule has 198 valence electrons. The van der Waals surface area contributed by atoms with Crippen LogP contribution in [0.1, 0.15) is 50.7 Å². The van der Waals surface area contributed by atoms with Crippen molar-refractivity contribution in [1.82, 2.24) is 5.32 Å². The van der Waals surface area contributed by atoms with Gasteiger partial charge in [0, 0.05) is 29.0 Å². The first kappa shape index (κ1) is 25.3. The maximum absolute atomic E-state index is 13.6. The van der Waals surface area contributed by atoms with Gasteiger partial charge in [0.1, 0.15) is 12.4 Å². The monoisotopic (exact) mass is 520 g/mol. The van der Waals surface area contributed by atoms with Crippen LogP contribution in [0.2, 0.25) is 0 Å². The predicted molar refractivity (Wildman–Crippen MR) is 136 cm³/mol. The van der Waals surface area contributed by atoms with E-state index >= 15 is 0 Å². The van der Waals surface area contributed by atoms with Crippen LogP contribution in [0.15, 0.2) is 58.9 Å². The highest BCUT2D eigenvalue weighted by molar-refractivity contribution is 6.04. The molecule has 0 unspecified atom stereocenters. The smallest absolute Gasteiger partial charge is 0.337 e. The molecule has 0 bridgehead atoms. The number of hydrogen-bond donors (Lipinski definition) is 1. The number of nitro groups is 1. The maximum Gasteiger partial charge on any atom is 0.337 e. The molecule has 10 heteroatoms. The molecule has 0 amide bonds. The van der Waals surface area contributed by atoms with Gasteiger partial charge in [0.15, 0.2) is 17.3 Å². The number of ether oxygens (including phenoxy) is 4. The van der Waals surface area contributed by atoms with Gasteiger partial charge in [-0.1, -0.05) is 26.0 Å². The van der Waals surface area contributed by atoms with Gasteiger partial charge in [0.2, 0.25) is 6.79 Å². The molecule has 0 saturated heterocycles. The summed E-state index contributed by atoms with van der Waals surface area (Å²) in [6, 6.07) is 9.85. The topological polar surface area (TPSA) is 126 Å². The Hall–Kier alpha value is -4.34. The number of esters is 1. The van der Waals surface area contributed by atoms with E-state index in [1.165, 1.54) is 12.1 Å². The summed E-state index contributed by atoms with van der Waals surface area (Å²) < 4.78 is 21.7. The molecular weight excluding hydrogens is 492 g/mol. The summed E-state index contributed by atoms with van der Waals surface area (Å²) in [4.78, 5) is 38.8. The number of nitrogens with one attached hydrogen (secondary N) is 1. The molecule has 2 aliphatic heterocycles. The number of nitro benzene ring substituents is 1. The number of carbonyl (C=O) groups excluding carboxylic acids is 2. The maximum atomic E-state index is 13.6. The van der Waals surface area contributed by atoms with Crippen molar-refractivity contribution in [3.8, 4) is 17.2 Å². The third-order valence-corrected chi connectivity index (χ3v) is 7.02. The number of dihydropyridines is 1. The van der Waals surface area contributed by atoms with Crippen molar-refractivity contribution in [2.45, 2.75) is 46.1 Å². The van der Waals surface area contributed by atoms with Crippen LogP contribution in [0.5, 0.6) is 17.2 Å². The van der Waals surface area contributed by atoms with Crippen LogP contribution in [0.4, 0.5) is 5.69 Å². The number of benzene rings is 2. The van der Waals surface area contributed by atoms with E-state index in [0.717, 1.165) is 5.56 Å². The molecule has 0 saturated carbocycles. The zero-order valence-electron chi connectivity index (χ0n) is 21.6. The van der Waals surface area contributed by atoms with Crippen molar-refractivity contribution in [2.75, 3.05) is 13.9 Å². The van der Waals surface area contributed by atoms with E-state index in [4.69, 9.17) is 18.9 Å². The van der Waals surface area contributed by atoms with Crippen LogP contribution in [0.25, 0.3) is 0 Å². The van der Waals surface area contributed by atoms with Gasteiger partial charge in [-0.3, -0.25) is 14.9 Å². The molecule has 3 aliphatic rings. The van der Waals surface area contributed by atoms with Gasteiger partial charge in [-0.2, -0.15) is 0 Å². The highest BCUT2D eigenvalue weighted by Gasteiger charge is 2.45. The SMILES string of the molecule is COc1ccc(COC(=O)C2=C(C)NC3=C(C(=O)CC(C)(C)C3)[C@@H]2c2cc3c(cc2[N+](=O)[O-])OCO3)cc1. The molecule has 0 fully saturated rings. The fraction of sp³-hybridized carbons (Fsp3) is 0.357. The summed E-state index contributed by atoms with van der Waals surface area (Å²) >= 11 is 0. The molecule has 0 radical (unpaired) electrons. The second-order valence-electron chi connectivity index (χ2n) is 10.4. The van der Waals surface area contributed by atoms with E-state index in [1.54, 1.807) is 38.3 Å². The number of fused-ring (bicyclic) bond motifs is 1. The Labute approximate surface area is 219 Å². The average Bonchev–Trinajstić information content (AvgIpc) is 3.33. The molecule has 1 atom stereocenters. The zero-order chi connectivity index (χ0) is 27.2. The minimum atomic E-state index is -1.01. The third kappa shape index (κ3) is 4.57. The fourth-order valence-electron chi connectivity index (χ4n) is 5.30. The van der Waals surface area contributed by atoms with Crippen LogP contribution >= 0.6 is 0 Å². The highest BCUT2D eigenvalue weighted by atomic mass is 16.7. The molecule has 2 heterocycles. The summed E-state index contributed by atoms with van der Waals surface area (Å²) in [5.41, 5.74) is 1.97. The second kappa shape index (κ2) is 9.51. The first-order chi connectivity index (χ1) is 18.1. The summed E-state index contributed by atoms with van der Waals surface area (Å²) in [5.74, 6) is -0.625. The van der Waals surface area contributed by atoms with E-state index < -0.39 is 16.8 Å². The number of nitrogens with zero attached hydrogens (tertiary/aromatic N) is 1. The molecule has 5 rings (SSSR count). The molecule has 1 aliphatic carbocycles. The minimum absolute atomic E-state index is 0.0254. The van der Waals surface area contributed by atoms with Gasteiger partial charge in [0.25, 0.3) is 5.69 Å². The van der Waals surface area contributed by atoms with Crippen molar-refractivity contribution >= 4 is 17.4 Å². The van der Waals surface area contributed by atoms with Gasteiger partial charge >= 0.3 is 5.97 Å². The number of Topliss-reactive ketones (excluding diaryl/α,β-unsaturated/α-hetero) is 1. The van der Waals surface area contributed by atoms with E-state index in [1.807, 2.05) is 13.8 Å². The number of ketones is 1. The average molecular weight is 521 g/mol. The van der Waals surface area contributed by atoms with E-state index in [0.29, 0.717) is 34.9 Å². The van der Waals surface area contributed by atoms with Crippen LogP contribution < -0.4 is 19.5 Å². The number of methoxy groups -OCH3 is 1.